The Kier molecular flexibility index (Phi) is 5.85. The number of nitrogens with zero attached hydrogens (tertiary/aromatic N) is 3. The second-order valence-corrected chi connectivity index (χ2v) is 6.13. The van der Waals surface area contributed by atoms with Gasteiger partial charge in [0.2, 0.25) is 0 Å². The Balaban J connectivity index is 1.42. The smallest absolute Gasteiger partial charge is 0.317 e. The quantitative estimate of drug-likeness (QED) is 0.906. The third kappa shape index (κ3) is 4.93. The maximum atomic E-state index is 12.3. The second-order valence-electron chi connectivity index (χ2n) is 6.13. The summed E-state index contributed by atoms with van der Waals surface area (Å²) in [5.74, 6) is 0.874. The average molecular weight is 340 g/mol. The van der Waals surface area contributed by atoms with E-state index in [9.17, 15) is 4.79 Å². The van der Waals surface area contributed by atoms with Crippen LogP contribution in [0.15, 0.2) is 48.8 Å². The molecule has 2 heterocycles. The van der Waals surface area contributed by atoms with Crippen LogP contribution in [-0.2, 0) is 13.1 Å². The number of nitrogens with one attached hydrogen (secondary N) is 1. The first-order chi connectivity index (χ1) is 12.2. The molecule has 1 aliphatic heterocycles. The van der Waals surface area contributed by atoms with E-state index in [0.29, 0.717) is 6.54 Å². The van der Waals surface area contributed by atoms with Crippen LogP contribution in [0, 0.1) is 0 Å². The van der Waals surface area contributed by atoms with Crippen LogP contribution in [-0.4, -0.2) is 54.1 Å². The number of ether oxygens (including phenoxy) is 1. The first-order valence-electron chi connectivity index (χ1n) is 8.51. The van der Waals surface area contributed by atoms with Crippen molar-refractivity contribution < 1.29 is 9.53 Å². The molecule has 2 aromatic rings. The standard InChI is InChI=1S/C19H24N4O2/c1-25-18-6-4-16(5-7-18)15-22-9-11-23(12-10-22)19(24)21-14-17-3-2-8-20-13-17/h2-8,13H,9-12,14-15H2,1H3,(H,21,24). The molecule has 2 amide bonds. The van der Waals surface area contributed by atoms with Gasteiger partial charge in [-0.3, -0.25) is 9.88 Å². The van der Waals surface area contributed by atoms with Crippen molar-refractivity contribution in [2.45, 2.75) is 13.1 Å². The summed E-state index contributed by atoms with van der Waals surface area (Å²) in [4.78, 5) is 20.6. The number of aromatic nitrogens is 1. The summed E-state index contributed by atoms with van der Waals surface area (Å²) in [6.45, 7) is 4.66. The summed E-state index contributed by atoms with van der Waals surface area (Å²) in [5, 5.41) is 2.96. The van der Waals surface area contributed by atoms with Gasteiger partial charge in [-0.25, -0.2) is 4.79 Å². The van der Waals surface area contributed by atoms with E-state index in [0.717, 1.165) is 44.0 Å². The third-order valence-electron chi connectivity index (χ3n) is 4.39. The van der Waals surface area contributed by atoms with Crippen molar-refractivity contribution in [3.05, 3.63) is 59.9 Å². The van der Waals surface area contributed by atoms with Crippen LogP contribution in [0.25, 0.3) is 0 Å². The van der Waals surface area contributed by atoms with Gasteiger partial charge in [-0.15, -0.1) is 0 Å². The zero-order valence-electron chi connectivity index (χ0n) is 14.5. The fraction of sp³-hybridized carbons (Fsp3) is 0.368. The average Bonchev–Trinajstić information content (AvgIpc) is 2.68. The summed E-state index contributed by atoms with van der Waals surface area (Å²) in [7, 11) is 1.67. The number of amides is 2. The third-order valence-corrected chi connectivity index (χ3v) is 4.39. The summed E-state index contributed by atoms with van der Waals surface area (Å²) < 4.78 is 5.19. The molecule has 132 valence electrons. The highest BCUT2D eigenvalue weighted by atomic mass is 16.5. The topological polar surface area (TPSA) is 57.7 Å². The van der Waals surface area contributed by atoms with Crippen LogP contribution in [0.5, 0.6) is 5.75 Å². The normalized spacial score (nSPS) is 15.0. The van der Waals surface area contributed by atoms with Crippen LogP contribution < -0.4 is 10.1 Å². The van der Waals surface area contributed by atoms with Gasteiger partial charge >= 0.3 is 6.03 Å². The van der Waals surface area contributed by atoms with Crippen molar-refractivity contribution >= 4 is 6.03 Å². The molecule has 1 aromatic carbocycles. The van der Waals surface area contributed by atoms with Gasteiger partial charge in [-0.05, 0) is 29.3 Å². The van der Waals surface area contributed by atoms with E-state index in [2.05, 4.69) is 27.3 Å². The van der Waals surface area contributed by atoms with Gasteiger partial charge in [0.15, 0.2) is 0 Å². The Hall–Kier alpha value is -2.60. The maximum Gasteiger partial charge on any atom is 0.317 e. The van der Waals surface area contributed by atoms with Crippen molar-refractivity contribution in [2.24, 2.45) is 0 Å². The number of hydrogen-bond acceptors (Lipinski definition) is 4. The molecule has 1 aromatic heterocycles. The Morgan fingerprint density at radius 2 is 1.88 bits per heavy atom. The van der Waals surface area contributed by atoms with Crippen LogP contribution in [0.3, 0.4) is 0 Å². The van der Waals surface area contributed by atoms with Crippen LogP contribution in [0.1, 0.15) is 11.1 Å². The molecule has 0 bridgehead atoms. The van der Waals surface area contributed by atoms with E-state index in [1.807, 2.05) is 29.2 Å². The van der Waals surface area contributed by atoms with Crippen LogP contribution >= 0.6 is 0 Å². The number of urea groups is 1. The summed E-state index contributed by atoms with van der Waals surface area (Å²) in [5.41, 5.74) is 2.27. The Labute approximate surface area is 148 Å². The Morgan fingerprint density at radius 1 is 1.12 bits per heavy atom. The number of rotatable bonds is 5. The molecule has 0 spiro atoms. The fourth-order valence-electron chi connectivity index (χ4n) is 2.89. The molecular weight excluding hydrogens is 316 g/mol. The van der Waals surface area contributed by atoms with Gasteiger partial charge in [0, 0.05) is 51.7 Å². The molecule has 0 radical (unpaired) electrons. The zero-order valence-corrected chi connectivity index (χ0v) is 14.5. The zero-order chi connectivity index (χ0) is 17.5. The molecule has 1 fully saturated rings. The predicted molar refractivity (Wildman–Crippen MR) is 96.3 cm³/mol. The lowest BCUT2D eigenvalue weighted by molar-refractivity contribution is 0.135. The number of carbonyl (C=O) groups is 1. The highest BCUT2D eigenvalue weighted by molar-refractivity contribution is 5.74. The Morgan fingerprint density at radius 3 is 2.52 bits per heavy atom. The lowest BCUT2D eigenvalue weighted by Gasteiger charge is -2.34. The molecule has 1 N–H and O–H groups in total. The van der Waals surface area contributed by atoms with Crippen molar-refractivity contribution in [3.8, 4) is 5.75 Å². The minimum absolute atomic E-state index is 0.00653. The van der Waals surface area contributed by atoms with Gasteiger partial charge in [0.1, 0.15) is 5.75 Å². The number of carbonyl (C=O) groups excluding carboxylic acids is 1. The summed E-state index contributed by atoms with van der Waals surface area (Å²) in [6, 6.07) is 12.0. The molecule has 6 heteroatoms. The number of benzene rings is 1. The highest BCUT2D eigenvalue weighted by Crippen LogP contribution is 2.14. The molecule has 1 saturated heterocycles. The molecule has 6 nitrogen and oxygen atoms in total. The van der Waals surface area contributed by atoms with Crippen molar-refractivity contribution in [2.75, 3.05) is 33.3 Å². The van der Waals surface area contributed by atoms with E-state index < -0.39 is 0 Å². The Bertz CT molecular complexity index is 668. The molecule has 25 heavy (non-hydrogen) atoms. The minimum Gasteiger partial charge on any atom is -0.497 e. The van der Waals surface area contributed by atoms with Crippen LogP contribution in [0.2, 0.25) is 0 Å². The monoisotopic (exact) mass is 340 g/mol. The second kappa shape index (κ2) is 8.48. The molecule has 0 aliphatic carbocycles. The molecule has 1 aliphatic rings. The number of pyridine rings is 1. The van der Waals surface area contributed by atoms with E-state index in [4.69, 9.17) is 4.74 Å². The lowest BCUT2D eigenvalue weighted by Crippen LogP contribution is -2.51. The molecule has 3 rings (SSSR count). The lowest BCUT2D eigenvalue weighted by atomic mass is 10.2. The van der Waals surface area contributed by atoms with Gasteiger partial charge in [-0.2, -0.15) is 0 Å². The number of hydrogen-bond donors (Lipinski definition) is 1. The van der Waals surface area contributed by atoms with Crippen molar-refractivity contribution in [1.29, 1.82) is 0 Å². The maximum absolute atomic E-state index is 12.3. The molecule has 0 atom stereocenters. The minimum atomic E-state index is -0.00653. The first kappa shape index (κ1) is 17.2. The highest BCUT2D eigenvalue weighted by Gasteiger charge is 2.20. The van der Waals surface area contributed by atoms with Gasteiger partial charge in [0.25, 0.3) is 0 Å². The van der Waals surface area contributed by atoms with E-state index in [1.165, 1.54) is 5.56 Å². The van der Waals surface area contributed by atoms with Gasteiger partial charge in [0.05, 0.1) is 7.11 Å². The number of piperazine rings is 1. The van der Waals surface area contributed by atoms with E-state index >= 15 is 0 Å². The van der Waals surface area contributed by atoms with Crippen molar-refractivity contribution in [1.82, 2.24) is 20.1 Å². The number of methoxy groups -OCH3 is 1. The fourth-order valence-corrected chi connectivity index (χ4v) is 2.89. The van der Waals surface area contributed by atoms with Crippen molar-refractivity contribution in [3.63, 3.8) is 0 Å². The molecule has 0 saturated carbocycles. The van der Waals surface area contributed by atoms with E-state index in [-0.39, 0.29) is 6.03 Å². The van der Waals surface area contributed by atoms with Gasteiger partial charge in [-0.1, -0.05) is 18.2 Å². The first-order valence-corrected chi connectivity index (χ1v) is 8.51. The van der Waals surface area contributed by atoms with Gasteiger partial charge < -0.3 is 15.0 Å². The van der Waals surface area contributed by atoms with E-state index in [1.54, 1.807) is 19.5 Å². The molecule has 0 unspecified atom stereocenters. The van der Waals surface area contributed by atoms with Crippen LogP contribution in [0.4, 0.5) is 4.79 Å². The SMILES string of the molecule is COc1ccc(CN2CCN(C(=O)NCc3cccnc3)CC2)cc1. The summed E-state index contributed by atoms with van der Waals surface area (Å²) in [6.07, 6.45) is 3.50. The summed E-state index contributed by atoms with van der Waals surface area (Å²) >= 11 is 0. The predicted octanol–water partition coefficient (Wildman–Crippen LogP) is 2.12. The molecular formula is C19H24N4O2. The largest absolute Gasteiger partial charge is 0.497 e.